The van der Waals surface area contributed by atoms with Gasteiger partial charge in [0.1, 0.15) is 11.3 Å². The Morgan fingerprint density at radius 2 is 2.07 bits per heavy atom. The number of hydrogen-bond donors (Lipinski definition) is 0. The summed E-state index contributed by atoms with van der Waals surface area (Å²) in [7, 11) is 7.43. The number of fused-ring (bicyclic) bond motifs is 1. The average Bonchev–Trinajstić information content (AvgIpc) is 3.22. The summed E-state index contributed by atoms with van der Waals surface area (Å²) in [4.78, 5) is 21.8. The van der Waals surface area contributed by atoms with Crippen molar-refractivity contribution in [1.82, 2.24) is 19.7 Å². The Bertz CT molecular complexity index is 998. The van der Waals surface area contributed by atoms with E-state index in [2.05, 4.69) is 10.00 Å². The Kier molecular flexibility index (Phi) is 6.22. The molecule has 0 saturated carbocycles. The number of anilines is 1. The number of carbonyl (C=O) groups is 1. The van der Waals surface area contributed by atoms with Crippen LogP contribution in [0.25, 0.3) is 10.2 Å². The molecule has 3 rings (SSSR count). The third-order valence-corrected chi connectivity index (χ3v) is 5.88. The number of amides is 1. The molecule has 0 radical (unpaired) electrons. The van der Waals surface area contributed by atoms with Crippen LogP contribution in [0.1, 0.15) is 22.5 Å². The lowest BCUT2D eigenvalue weighted by molar-refractivity contribution is 0.0980. The zero-order chi connectivity index (χ0) is 20.4. The predicted molar refractivity (Wildman–Crippen MR) is 114 cm³/mol. The summed E-state index contributed by atoms with van der Waals surface area (Å²) >= 11 is 7.75. The van der Waals surface area contributed by atoms with Gasteiger partial charge in [0.25, 0.3) is 5.91 Å². The summed E-state index contributed by atoms with van der Waals surface area (Å²) in [6.45, 7) is 3.28. The van der Waals surface area contributed by atoms with Crippen LogP contribution in [0.2, 0.25) is 5.02 Å². The third-order valence-electron chi connectivity index (χ3n) is 4.34. The molecule has 7 nitrogen and oxygen atoms in total. The molecule has 9 heteroatoms. The van der Waals surface area contributed by atoms with Crippen molar-refractivity contribution in [2.75, 3.05) is 39.2 Å². The van der Waals surface area contributed by atoms with Crippen molar-refractivity contribution < 1.29 is 9.53 Å². The van der Waals surface area contributed by atoms with Crippen molar-refractivity contribution >= 4 is 44.2 Å². The van der Waals surface area contributed by atoms with Gasteiger partial charge in [-0.15, -0.1) is 0 Å². The minimum atomic E-state index is -0.161. The summed E-state index contributed by atoms with van der Waals surface area (Å²) < 4.78 is 7.87. The first-order valence-corrected chi connectivity index (χ1v) is 10.1. The van der Waals surface area contributed by atoms with Gasteiger partial charge in [-0.2, -0.15) is 5.10 Å². The van der Waals surface area contributed by atoms with E-state index < -0.39 is 0 Å². The second kappa shape index (κ2) is 8.46. The number of halogens is 1. The highest BCUT2D eigenvalue weighted by molar-refractivity contribution is 7.23. The van der Waals surface area contributed by atoms with Crippen molar-refractivity contribution in [2.24, 2.45) is 7.05 Å². The maximum Gasteiger partial charge on any atom is 0.280 e. The molecule has 1 amide bonds. The fraction of sp³-hybridized carbons (Fsp3) is 0.421. The first-order chi connectivity index (χ1) is 13.3. The Hall–Kier alpha value is -2.16. The van der Waals surface area contributed by atoms with Crippen molar-refractivity contribution in [3.8, 4) is 5.75 Å². The standard InChI is InChI=1S/C19H24ClN5O2S/c1-12-11-24(4)22-15(12)18(26)25(10-6-9-23(2)3)19-21-16-14(27-5)8-7-13(20)17(16)28-19/h7-8,11H,6,9-10H2,1-5H3. The summed E-state index contributed by atoms with van der Waals surface area (Å²) in [6.07, 6.45) is 2.65. The zero-order valence-electron chi connectivity index (χ0n) is 16.7. The molecule has 0 atom stereocenters. The van der Waals surface area contributed by atoms with Gasteiger partial charge in [0.05, 0.1) is 16.8 Å². The molecule has 0 unspecified atom stereocenters. The van der Waals surface area contributed by atoms with Crippen LogP contribution in [-0.2, 0) is 7.05 Å². The molecule has 0 N–H and O–H groups in total. The van der Waals surface area contributed by atoms with Crippen LogP contribution in [0.15, 0.2) is 18.3 Å². The highest BCUT2D eigenvalue weighted by atomic mass is 35.5. The lowest BCUT2D eigenvalue weighted by atomic mass is 10.2. The number of aryl methyl sites for hydroxylation is 2. The second-order valence-electron chi connectivity index (χ2n) is 6.87. The predicted octanol–water partition coefficient (Wildman–Crippen LogP) is 3.60. The number of benzene rings is 1. The number of nitrogens with zero attached hydrogens (tertiary/aromatic N) is 5. The van der Waals surface area contributed by atoms with Crippen LogP contribution < -0.4 is 9.64 Å². The molecule has 3 aromatic rings. The molecule has 0 bridgehead atoms. The largest absolute Gasteiger partial charge is 0.494 e. The monoisotopic (exact) mass is 421 g/mol. The maximum atomic E-state index is 13.3. The Balaban J connectivity index is 2.03. The lowest BCUT2D eigenvalue weighted by Gasteiger charge is -2.20. The summed E-state index contributed by atoms with van der Waals surface area (Å²) in [5.74, 6) is 0.475. The Labute approximate surface area is 173 Å². The van der Waals surface area contributed by atoms with Crippen LogP contribution in [-0.4, -0.2) is 59.9 Å². The van der Waals surface area contributed by atoms with E-state index in [9.17, 15) is 4.79 Å². The molecular formula is C19H24ClN5O2S. The minimum Gasteiger partial charge on any atom is -0.494 e. The topological polar surface area (TPSA) is 63.5 Å². The highest BCUT2D eigenvalue weighted by Gasteiger charge is 2.26. The first kappa shape index (κ1) is 20.6. The molecule has 0 aliphatic heterocycles. The number of carbonyl (C=O) groups excluding carboxylic acids is 1. The van der Waals surface area contributed by atoms with E-state index in [1.807, 2.05) is 34.3 Å². The fourth-order valence-corrected chi connectivity index (χ4v) is 4.28. The van der Waals surface area contributed by atoms with Gasteiger partial charge in [-0.3, -0.25) is 14.4 Å². The van der Waals surface area contributed by atoms with Gasteiger partial charge in [0.15, 0.2) is 10.8 Å². The minimum absolute atomic E-state index is 0.161. The van der Waals surface area contributed by atoms with E-state index in [1.54, 1.807) is 28.8 Å². The van der Waals surface area contributed by atoms with Gasteiger partial charge >= 0.3 is 0 Å². The van der Waals surface area contributed by atoms with Crippen molar-refractivity contribution in [1.29, 1.82) is 0 Å². The molecule has 0 saturated heterocycles. The van der Waals surface area contributed by atoms with Crippen LogP contribution in [0.5, 0.6) is 5.75 Å². The SMILES string of the molecule is COc1ccc(Cl)c2sc(N(CCCN(C)C)C(=O)c3nn(C)cc3C)nc12. The zero-order valence-corrected chi connectivity index (χ0v) is 18.3. The third kappa shape index (κ3) is 4.14. The highest BCUT2D eigenvalue weighted by Crippen LogP contribution is 2.39. The van der Waals surface area contributed by atoms with Gasteiger partial charge in [0.2, 0.25) is 0 Å². The number of ether oxygens (including phenoxy) is 1. The number of aromatic nitrogens is 3. The molecule has 0 fully saturated rings. The molecule has 150 valence electrons. The van der Waals surface area contributed by atoms with Crippen LogP contribution >= 0.6 is 22.9 Å². The molecule has 2 heterocycles. The molecule has 1 aromatic carbocycles. The molecule has 0 spiro atoms. The molecule has 28 heavy (non-hydrogen) atoms. The smallest absolute Gasteiger partial charge is 0.280 e. The number of thiazole rings is 1. The average molecular weight is 422 g/mol. The summed E-state index contributed by atoms with van der Waals surface area (Å²) in [5.41, 5.74) is 1.93. The van der Waals surface area contributed by atoms with Crippen LogP contribution in [0.3, 0.4) is 0 Å². The molecule has 0 aliphatic carbocycles. The number of hydrogen-bond acceptors (Lipinski definition) is 6. The van der Waals surface area contributed by atoms with E-state index in [0.717, 1.165) is 23.2 Å². The summed E-state index contributed by atoms with van der Waals surface area (Å²) in [5, 5.41) is 5.53. The van der Waals surface area contributed by atoms with E-state index in [1.165, 1.54) is 11.3 Å². The first-order valence-electron chi connectivity index (χ1n) is 8.91. The maximum absolute atomic E-state index is 13.3. The quantitative estimate of drug-likeness (QED) is 0.583. The second-order valence-corrected chi connectivity index (χ2v) is 8.26. The Morgan fingerprint density at radius 3 is 2.68 bits per heavy atom. The van der Waals surface area contributed by atoms with E-state index in [4.69, 9.17) is 21.3 Å². The summed E-state index contributed by atoms with van der Waals surface area (Å²) in [6, 6.07) is 3.57. The Morgan fingerprint density at radius 1 is 1.32 bits per heavy atom. The fourth-order valence-electron chi connectivity index (χ4n) is 3.00. The van der Waals surface area contributed by atoms with E-state index in [0.29, 0.717) is 33.7 Å². The van der Waals surface area contributed by atoms with Crippen molar-refractivity contribution in [3.05, 3.63) is 34.6 Å². The van der Waals surface area contributed by atoms with Gasteiger partial charge in [-0.1, -0.05) is 22.9 Å². The van der Waals surface area contributed by atoms with E-state index >= 15 is 0 Å². The number of methoxy groups -OCH3 is 1. The van der Waals surface area contributed by atoms with Gasteiger partial charge < -0.3 is 9.64 Å². The van der Waals surface area contributed by atoms with Gasteiger partial charge in [0, 0.05) is 25.4 Å². The normalized spacial score (nSPS) is 11.4. The van der Waals surface area contributed by atoms with Crippen LogP contribution in [0.4, 0.5) is 5.13 Å². The van der Waals surface area contributed by atoms with Gasteiger partial charge in [-0.25, -0.2) is 4.98 Å². The molecule has 0 aliphatic rings. The van der Waals surface area contributed by atoms with Gasteiger partial charge in [-0.05, 0) is 46.1 Å². The number of rotatable bonds is 7. The van der Waals surface area contributed by atoms with Crippen molar-refractivity contribution in [3.63, 3.8) is 0 Å². The lowest BCUT2D eigenvalue weighted by Crippen LogP contribution is -2.34. The van der Waals surface area contributed by atoms with E-state index in [-0.39, 0.29) is 5.91 Å². The molecular weight excluding hydrogens is 398 g/mol. The van der Waals surface area contributed by atoms with Crippen LogP contribution in [0, 0.1) is 6.92 Å². The molecule has 2 aromatic heterocycles. The van der Waals surface area contributed by atoms with Crippen molar-refractivity contribution in [2.45, 2.75) is 13.3 Å².